The Labute approximate surface area is 181 Å². The maximum atomic E-state index is 12.9. The van der Waals surface area contributed by atoms with Crippen molar-refractivity contribution in [2.45, 2.75) is 59.6 Å². The number of rotatable bonds is 10. The third-order valence-corrected chi connectivity index (χ3v) is 4.39. The van der Waals surface area contributed by atoms with Crippen molar-refractivity contribution in [1.29, 1.82) is 0 Å². The van der Waals surface area contributed by atoms with Gasteiger partial charge in [0.15, 0.2) is 5.75 Å². The van der Waals surface area contributed by atoms with Crippen molar-refractivity contribution in [1.82, 2.24) is 10.6 Å². The predicted molar refractivity (Wildman–Crippen MR) is 113 cm³/mol. The van der Waals surface area contributed by atoms with E-state index in [0.717, 1.165) is 0 Å². The van der Waals surface area contributed by atoms with Crippen molar-refractivity contribution in [2.24, 2.45) is 0 Å². The van der Waals surface area contributed by atoms with Crippen LogP contribution in [0.5, 0.6) is 11.5 Å². The second kappa shape index (κ2) is 10.6. The molecule has 1 aliphatic heterocycles. The number of amides is 2. The maximum Gasteiger partial charge on any atom is 0.338 e. The average Bonchev–Trinajstić information content (AvgIpc) is 2.68. The molecule has 170 valence electrons. The van der Waals surface area contributed by atoms with Crippen LogP contribution in [0.15, 0.2) is 23.4 Å². The molecule has 0 saturated heterocycles. The summed E-state index contributed by atoms with van der Waals surface area (Å²) in [5, 5.41) is 17.1. The Balaban J connectivity index is 2.71. The van der Waals surface area contributed by atoms with Gasteiger partial charge in [-0.25, -0.2) is 9.59 Å². The molecule has 1 atom stereocenters. The molecule has 0 fully saturated rings. The van der Waals surface area contributed by atoms with E-state index in [1.54, 1.807) is 33.8 Å². The molecule has 2 amide bonds. The number of ether oxygens (including phenoxy) is 3. The van der Waals surface area contributed by atoms with Gasteiger partial charge in [0.2, 0.25) is 5.75 Å². The summed E-state index contributed by atoms with van der Waals surface area (Å²) in [6, 6.07) is 1.37. The van der Waals surface area contributed by atoms with Crippen LogP contribution in [0.3, 0.4) is 0 Å². The van der Waals surface area contributed by atoms with Crippen molar-refractivity contribution in [3.8, 4) is 11.5 Å². The normalized spacial score (nSPS) is 15.9. The van der Waals surface area contributed by atoms with Crippen LogP contribution in [0.25, 0.3) is 0 Å². The lowest BCUT2D eigenvalue weighted by atomic mass is 9.93. The minimum absolute atomic E-state index is 0.00225. The van der Waals surface area contributed by atoms with E-state index in [4.69, 9.17) is 14.2 Å². The standard InChI is InChI=1S/C21H29N3O7/c1-6-9-14-17(20(25)31-12(4)5)18(23-21(26)22-14)13-10-15(24(27)28)19(30-8-3)16(11-13)29-7-2/h10-12,18H,6-9H2,1-5H3,(H2,22,23,26). The first-order chi connectivity index (χ1) is 14.7. The topological polar surface area (TPSA) is 129 Å². The Morgan fingerprint density at radius 3 is 2.42 bits per heavy atom. The van der Waals surface area contributed by atoms with Crippen molar-refractivity contribution in [2.75, 3.05) is 13.2 Å². The van der Waals surface area contributed by atoms with Gasteiger partial charge in [-0.05, 0) is 45.7 Å². The van der Waals surface area contributed by atoms with Crippen LogP contribution >= 0.6 is 0 Å². The van der Waals surface area contributed by atoms with Crippen molar-refractivity contribution in [3.63, 3.8) is 0 Å². The van der Waals surface area contributed by atoms with Crippen LogP contribution in [-0.2, 0) is 9.53 Å². The Morgan fingerprint density at radius 1 is 1.19 bits per heavy atom. The number of esters is 1. The van der Waals surface area contributed by atoms with E-state index in [1.807, 2.05) is 6.92 Å². The van der Waals surface area contributed by atoms with E-state index in [0.29, 0.717) is 24.1 Å². The minimum Gasteiger partial charge on any atom is -0.490 e. The lowest BCUT2D eigenvalue weighted by molar-refractivity contribution is -0.386. The zero-order valence-electron chi connectivity index (χ0n) is 18.4. The molecule has 2 rings (SSSR count). The van der Waals surface area contributed by atoms with Crippen LogP contribution < -0.4 is 20.1 Å². The molecule has 0 bridgehead atoms. The molecular formula is C21H29N3O7. The first-order valence-corrected chi connectivity index (χ1v) is 10.3. The first kappa shape index (κ1) is 24.0. The summed E-state index contributed by atoms with van der Waals surface area (Å²) in [4.78, 5) is 36.4. The molecule has 31 heavy (non-hydrogen) atoms. The predicted octanol–water partition coefficient (Wildman–Crippen LogP) is 3.75. The molecule has 1 unspecified atom stereocenters. The molecule has 10 heteroatoms. The van der Waals surface area contributed by atoms with Crippen molar-refractivity contribution in [3.05, 3.63) is 39.1 Å². The number of carbonyl (C=O) groups excluding carboxylic acids is 2. The summed E-state index contributed by atoms with van der Waals surface area (Å²) in [5.41, 5.74) is 0.634. The number of carbonyl (C=O) groups is 2. The van der Waals surface area contributed by atoms with Gasteiger partial charge in [0.05, 0.1) is 35.9 Å². The number of urea groups is 1. The number of hydrogen-bond acceptors (Lipinski definition) is 7. The highest BCUT2D eigenvalue weighted by atomic mass is 16.6. The fraction of sp³-hybridized carbons (Fsp3) is 0.524. The second-order valence-electron chi connectivity index (χ2n) is 7.12. The highest BCUT2D eigenvalue weighted by Gasteiger charge is 2.36. The highest BCUT2D eigenvalue weighted by molar-refractivity contribution is 5.95. The third kappa shape index (κ3) is 5.65. The number of nitrogens with one attached hydrogen (secondary N) is 2. The number of benzene rings is 1. The molecule has 10 nitrogen and oxygen atoms in total. The van der Waals surface area contributed by atoms with Gasteiger partial charge in [-0.1, -0.05) is 13.3 Å². The van der Waals surface area contributed by atoms with Gasteiger partial charge < -0.3 is 24.8 Å². The second-order valence-corrected chi connectivity index (χ2v) is 7.12. The average molecular weight is 435 g/mol. The van der Waals surface area contributed by atoms with Crippen LogP contribution in [0.4, 0.5) is 10.5 Å². The monoisotopic (exact) mass is 435 g/mol. The summed E-state index contributed by atoms with van der Waals surface area (Å²) >= 11 is 0. The molecule has 0 spiro atoms. The largest absolute Gasteiger partial charge is 0.490 e. The van der Waals surface area contributed by atoms with Crippen LogP contribution in [0, 0.1) is 10.1 Å². The summed E-state index contributed by atoms with van der Waals surface area (Å²) < 4.78 is 16.4. The number of nitro benzene ring substituents is 1. The molecule has 0 aliphatic carbocycles. The molecule has 1 heterocycles. The quantitative estimate of drug-likeness (QED) is 0.325. The smallest absolute Gasteiger partial charge is 0.338 e. The van der Waals surface area contributed by atoms with E-state index in [2.05, 4.69) is 10.6 Å². The van der Waals surface area contributed by atoms with Gasteiger partial charge in [0.1, 0.15) is 0 Å². The van der Waals surface area contributed by atoms with E-state index in [1.165, 1.54) is 6.07 Å². The van der Waals surface area contributed by atoms with Crippen LogP contribution in [0.2, 0.25) is 0 Å². The Hall–Kier alpha value is -3.30. The van der Waals surface area contributed by atoms with E-state index >= 15 is 0 Å². The Morgan fingerprint density at radius 2 is 1.87 bits per heavy atom. The third-order valence-electron chi connectivity index (χ3n) is 4.39. The van der Waals surface area contributed by atoms with E-state index < -0.39 is 23.0 Å². The van der Waals surface area contributed by atoms with E-state index in [-0.39, 0.29) is 42.1 Å². The van der Waals surface area contributed by atoms with Gasteiger partial charge in [0, 0.05) is 11.8 Å². The van der Waals surface area contributed by atoms with Gasteiger partial charge in [-0.3, -0.25) is 10.1 Å². The molecule has 0 radical (unpaired) electrons. The molecule has 2 N–H and O–H groups in total. The lowest BCUT2D eigenvalue weighted by Gasteiger charge is -2.30. The van der Waals surface area contributed by atoms with Crippen LogP contribution in [0.1, 0.15) is 59.1 Å². The molecular weight excluding hydrogens is 406 g/mol. The molecule has 1 aromatic rings. The van der Waals surface area contributed by atoms with E-state index in [9.17, 15) is 19.7 Å². The van der Waals surface area contributed by atoms with Gasteiger partial charge in [-0.15, -0.1) is 0 Å². The minimum atomic E-state index is -0.949. The lowest BCUT2D eigenvalue weighted by Crippen LogP contribution is -2.46. The number of nitrogens with zero attached hydrogens (tertiary/aromatic N) is 1. The van der Waals surface area contributed by atoms with Gasteiger partial charge in [0.25, 0.3) is 0 Å². The maximum absolute atomic E-state index is 12.9. The summed E-state index contributed by atoms with van der Waals surface area (Å²) in [6.45, 7) is 9.25. The Kier molecular flexibility index (Phi) is 8.23. The first-order valence-electron chi connectivity index (χ1n) is 10.3. The van der Waals surface area contributed by atoms with Crippen molar-refractivity contribution < 1.29 is 28.7 Å². The SMILES string of the molecule is CCCC1=C(C(=O)OC(C)C)C(c2cc(OCC)c(OCC)c([N+](=O)[O-])c2)NC(=O)N1. The summed E-state index contributed by atoms with van der Waals surface area (Å²) in [7, 11) is 0. The molecule has 1 aliphatic rings. The molecule has 0 saturated carbocycles. The molecule has 0 aromatic heterocycles. The number of nitro groups is 1. The Bertz CT molecular complexity index is 880. The highest BCUT2D eigenvalue weighted by Crippen LogP contribution is 2.42. The zero-order valence-corrected chi connectivity index (χ0v) is 18.4. The fourth-order valence-corrected chi connectivity index (χ4v) is 3.30. The zero-order chi connectivity index (χ0) is 23.1. The van der Waals surface area contributed by atoms with Crippen molar-refractivity contribution >= 4 is 17.7 Å². The fourth-order valence-electron chi connectivity index (χ4n) is 3.30. The van der Waals surface area contributed by atoms with Gasteiger partial charge >= 0.3 is 17.7 Å². The molecule has 1 aromatic carbocycles. The number of hydrogen-bond donors (Lipinski definition) is 2. The van der Waals surface area contributed by atoms with Gasteiger partial charge in [-0.2, -0.15) is 0 Å². The van der Waals surface area contributed by atoms with Crippen LogP contribution in [-0.4, -0.2) is 36.2 Å². The summed E-state index contributed by atoms with van der Waals surface area (Å²) in [5.74, 6) is -0.442. The number of allylic oxidation sites excluding steroid dienone is 1. The summed E-state index contributed by atoms with van der Waals surface area (Å²) in [6.07, 6.45) is 0.730.